The molecule has 1 aliphatic rings. The van der Waals surface area contributed by atoms with Crippen molar-refractivity contribution in [2.45, 2.75) is 57.5 Å². The molecule has 0 aromatic carbocycles. The SMILES string of the molecule is CC(C)C[C@H]1CC[C@H](Nc2cncc(C(F)(F)F)n2)[C@@H](O)[C@H]1O. The summed E-state index contributed by atoms with van der Waals surface area (Å²) in [6.45, 7) is 4.09. The fraction of sp³-hybridized carbons (Fsp3) is 0.733. The lowest BCUT2D eigenvalue weighted by atomic mass is 9.77. The van der Waals surface area contributed by atoms with Crippen LogP contribution in [0, 0.1) is 11.8 Å². The minimum absolute atomic E-state index is 0.00403. The highest BCUT2D eigenvalue weighted by atomic mass is 19.4. The zero-order valence-electron chi connectivity index (χ0n) is 13.1. The normalized spacial score (nSPS) is 28.9. The quantitative estimate of drug-likeness (QED) is 0.789. The molecule has 8 heteroatoms. The summed E-state index contributed by atoms with van der Waals surface area (Å²) in [7, 11) is 0. The van der Waals surface area contributed by atoms with E-state index < -0.39 is 30.1 Å². The average molecular weight is 333 g/mol. The Kier molecular flexibility index (Phi) is 5.46. The van der Waals surface area contributed by atoms with E-state index in [4.69, 9.17) is 0 Å². The zero-order valence-corrected chi connectivity index (χ0v) is 13.1. The van der Waals surface area contributed by atoms with Crippen molar-refractivity contribution >= 4 is 5.82 Å². The number of alkyl halides is 3. The van der Waals surface area contributed by atoms with E-state index in [0.717, 1.165) is 6.42 Å². The highest BCUT2D eigenvalue weighted by Gasteiger charge is 2.38. The summed E-state index contributed by atoms with van der Waals surface area (Å²) in [5.41, 5.74) is -1.09. The van der Waals surface area contributed by atoms with E-state index in [1.807, 2.05) is 13.8 Å². The first-order valence-corrected chi connectivity index (χ1v) is 7.70. The number of nitrogens with one attached hydrogen (secondary N) is 1. The van der Waals surface area contributed by atoms with Crippen molar-refractivity contribution in [2.75, 3.05) is 5.32 Å². The van der Waals surface area contributed by atoms with Gasteiger partial charge in [0.05, 0.1) is 24.5 Å². The summed E-state index contributed by atoms with van der Waals surface area (Å²) in [4.78, 5) is 7.00. The van der Waals surface area contributed by atoms with Crippen molar-refractivity contribution in [2.24, 2.45) is 11.8 Å². The van der Waals surface area contributed by atoms with Crippen LogP contribution in [-0.2, 0) is 6.18 Å². The summed E-state index contributed by atoms with van der Waals surface area (Å²) in [6, 6.07) is -0.550. The molecule has 1 aromatic rings. The average Bonchev–Trinajstić information content (AvgIpc) is 2.46. The number of halogens is 3. The summed E-state index contributed by atoms with van der Waals surface area (Å²) in [5.74, 6) is 0.342. The summed E-state index contributed by atoms with van der Waals surface area (Å²) < 4.78 is 37.9. The third-order valence-corrected chi connectivity index (χ3v) is 4.13. The number of hydrogen-bond donors (Lipinski definition) is 3. The third-order valence-electron chi connectivity index (χ3n) is 4.13. The monoisotopic (exact) mass is 333 g/mol. The molecule has 1 fully saturated rings. The van der Waals surface area contributed by atoms with Crippen molar-refractivity contribution in [1.29, 1.82) is 0 Å². The molecule has 0 amide bonds. The van der Waals surface area contributed by atoms with Gasteiger partial charge in [0, 0.05) is 0 Å². The minimum Gasteiger partial charge on any atom is -0.390 e. The molecule has 5 nitrogen and oxygen atoms in total. The van der Waals surface area contributed by atoms with Crippen LogP contribution in [0.4, 0.5) is 19.0 Å². The molecular formula is C15H22F3N3O2. The molecule has 130 valence electrons. The second-order valence-corrected chi connectivity index (χ2v) is 6.49. The predicted octanol–water partition coefficient (Wildman–Crippen LogP) is 2.45. The van der Waals surface area contributed by atoms with E-state index in [9.17, 15) is 23.4 Å². The number of hydrogen-bond acceptors (Lipinski definition) is 5. The van der Waals surface area contributed by atoms with Gasteiger partial charge in [-0.1, -0.05) is 13.8 Å². The van der Waals surface area contributed by atoms with Crippen molar-refractivity contribution in [3.63, 3.8) is 0 Å². The topological polar surface area (TPSA) is 78.3 Å². The van der Waals surface area contributed by atoms with Gasteiger partial charge in [-0.25, -0.2) is 4.98 Å². The number of rotatable bonds is 4. The second kappa shape index (κ2) is 7.00. The lowest BCUT2D eigenvalue weighted by molar-refractivity contribution is -0.141. The van der Waals surface area contributed by atoms with Crippen LogP contribution in [0.2, 0.25) is 0 Å². The van der Waals surface area contributed by atoms with E-state index in [2.05, 4.69) is 15.3 Å². The maximum Gasteiger partial charge on any atom is 0.434 e. The van der Waals surface area contributed by atoms with Gasteiger partial charge in [-0.15, -0.1) is 0 Å². The van der Waals surface area contributed by atoms with Crippen LogP contribution in [0.15, 0.2) is 12.4 Å². The van der Waals surface area contributed by atoms with Crippen LogP contribution >= 0.6 is 0 Å². The number of aliphatic hydroxyl groups excluding tert-OH is 2. The number of anilines is 1. The molecule has 1 heterocycles. The molecule has 0 unspecified atom stereocenters. The van der Waals surface area contributed by atoms with Gasteiger partial charge in [-0.2, -0.15) is 13.2 Å². The fourth-order valence-electron chi connectivity index (χ4n) is 3.03. The van der Waals surface area contributed by atoms with Gasteiger partial charge in [0.25, 0.3) is 0 Å². The van der Waals surface area contributed by atoms with Gasteiger partial charge < -0.3 is 15.5 Å². The molecule has 1 saturated carbocycles. The van der Waals surface area contributed by atoms with Crippen molar-refractivity contribution in [3.8, 4) is 0 Å². The van der Waals surface area contributed by atoms with E-state index in [1.54, 1.807) is 0 Å². The maximum atomic E-state index is 12.6. The van der Waals surface area contributed by atoms with Crippen LogP contribution in [0.1, 0.15) is 38.8 Å². The molecule has 1 aromatic heterocycles. The van der Waals surface area contributed by atoms with Crippen LogP contribution in [-0.4, -0.2) is 38.4 Å². The van der Waals surface area contributed by atoms with Crippen molar-refractivity contribution < 1.29 is 23.4 Å². The Morgan fingerprint density at radius 1 is 1.22 bits per heavy atom. The molecule has 0 aliphatic heterocycles. The molecule has 0 spiro atoms. The smallest absolute Gasteiger partial charge is 0.390 e. The van der Waals surface area contributed by atoms with Gasteiger partial charge in [-0.3, -0.25) is 4.98 Å². The van der Waals surface area contributed by atoms with Crippen molar-refractivity contribution in [3.05, 3.63) is 18.1 Å². The zero-order chi connectivity index (χ0) is 17.2. The first-order valence-electron chi connectivity index (χ1n) is 7.70. The van der Waals surface area contributed by atoms with Gasteiger partial charge in [-0.05, 0) is 31.1 Å². The molecule has 0 radical (unpaired) electrons. The van der Waals surface area contributed by atoms with Gasteiger partial charge in [0.2, 0.25) is 0 Å². The molecule has 4 atom stereocenters. The predicted molar refractivity (Wildman–Crippen MR) is 78.6 cm³/mol. The summed E-state index contributed by atoms with van der Waals surface area (Å²) in [5, 5.41) is 23.2. The Hall–Kier alpha value is -1.41. The molecule has 2 rings (SSSR count). The fourth-order valence-corrected chi connectivity index (χ4v) is 3.03. The Morgan fingerprint density at radius 3 is 2.52 bits per heavy atom. The van der Waals surface area contributed by atoms with E-state index in [0.29, 0.717) is 25.0 Å². The number of aromatic nitrogens is 2. The lowest BCUT2D eigenvalue weighted by Crippen LogP contribution is -2.50. The maximum absolute atomic E-state index is 12.6. The first kappa shape index (κ1) is 17.9. The molecule has 0 bridgehead atoms. The largest absolute Gasteiger partial charge is 0.434 e. The number of aliphatic hydroxyl groups is 2. The summed E-state index contributed by atoms with van der Waals surface area (Å²) >= 11 is 0. The van der Waals surface area contributed by atoms with Crippen LogP contribution in [0.5, 0.6) is 0 Å². The Labute approximate surface area is 133 Å². The van der Waals surface area contributed by atoms with E-state index in [1.165, 1.54) is 6.20 Å². The highest BCUT2D eigenvalue weighted by Crippen LogP contribution is 2.32. The van der Waals surface area contributed by atoms with Gasteiger partial charge >= 0.3 is 6.18 Å². The van der Waals surface area contributed by atoms with Crippen LogP contribution < -0.4 is 5.32 Å². The highest BCUT2D eigenvalue weighted by molar-refractivity contribution is 5.34. The molecular weight excluding hydrogens is 311 g/mol. The standard InChI is InChI=1S/C15H22F3N3O2/c1-8(2)5-9-3-4-10(14(23)13(9)22)20-12-7-19-6-11(21-12)15(16,17)18/h6-10,13-14,22-23H,3-5H2,1-2H3,(H,20,21)/t9-,10+,13+,14-/m1/s1. The minimum atomic E-state index is -4.57. The Morgan fingerprint density at radius 2 is 1.91 bits per heavy atom. The molecule has 23 heavy (non-hydrogen) atoms. The van der Waals surface area contributed by atoms with E-state index >= 15 is 0 Å². The van der Waals surface area contributed by atoms with E-state index in [-0.39, 0.29) is 11.7 Å². The summed E-state index contributed by atoms with van der Waals surface area (Å²) in [6.07, 6.45) is -2.66. The molecule has 3 N–H and O–H groups in total. The van der Waals surface area contributed by atoms with Crippen LogP contribution in [0.3, 0.4) is 0 Å². The third kappa shape index (κ3) is 4.54. The number of nitrogens with zero attached hydrogens (tertiary/aromatic N) is 2. The van der Waals surface area contributed by atoms with Gasteiger partial charge in [0.15, 0.2) is 5.69 Å². The van der Waals surface area contributed by atoms with Crippen molar-refractivity contribution in [1.82, 2.24) is 9.97 Å². The Balaban J connectivity index is 2.04. The van der Waals surface area contributed by atoms with Gasteiger partial charge in [0.1, 0.15) is 11.9 Å². The second-order valence-electron chi connectivity index (χ2n) is 6.49. The molecule has 0 saturated heterocycles. The Bertz CT molecular complexity index is 525. The first-order chi connectivity index (χ1) is 10.7. The van der Waals surface area contributed by atoms with Crippen LogP contribution in [0.25, 0.3) is 0 Å². The molecule has 1 aliphatic carbocycles. The lowest BCUT2D eigenvalue weighted by Gasteiger charge is -2.38.